The number of rotatable bonds is 2. The molecule has 0 bridgehead atoms. The molecule has 0 fully saturated rings. The lowest BCUT2D eigenvalue weighted by molar-refractivity contribution is 0.102. The highest BCUT2D eigenvalue weighted by Crippen LogP contribution is 2.41. The number of aromatic amines is 1. The van der Waals surface area contributed by atoms with E-state index in [0.717, 1.165) is 29.3 Å². The summed E-state index contributed by atoms with van der Waals surface area (Å²) in [6, 6.07) is 7.07. The second kappa shape index (κ2) is 6.55. The van der Waals surface area contributed by atoms with E-state index in [1.807, 2.05) is 6.07 Å². The second-order valence-corrected chi connectivity index (χ2v) is 8.72. The molecule has 3 N–H and O–H groups in total. The first-order valence-electron chi connectivity index (χ1n) is 8.40. The summed E-state index contributed by atoms with van der Waals surface area (Å²) in [7, 11) is 0. The van der Waals surface area contributed by atoms with E-state index in [9.17, 15) is 14.7 Å². The lowest BCUT2D eigenvalue weighted by atomic mass is 9.89. The van der Waals surface area contributed by atoms with Crippen molar-refractivity contribution in [3.05, 3.63) is 55.1 Å². The number of amides is 1. The number of fused-ring (bicyclic) bond motifs is 3. The van der Waals surface area contributed by atoms with E-state index in [2.05, 4.69) is 33.2 Å². The van der Waals surface area contributed by atoms with E-state index in [-0.39, 0.29) is 11.3 Å². The van der Waals surface area contributed by atoms with Crippen molar-refractivity contribution in [2.75, 3.05) is 5.32 Å². The Morgan fingerprint density at radius 1 is 1.42 bits per heavy atom. The zero-order valence-electron chi connectivity index (χ0n) is 14.1. The van der Waals surface area contributed by atoms with Crippen molar-refractivity contribution in [3.63, 3.8) is 0 Å². The van der Waals surface area contributed by atoms with E-state index in [4.69, 9.17) is 0 Å². The maximum atomic E-state index is 12.6. The zero-order chi connectivity index (χ0) is 18.4. The molecule has 134 valence electrons. The summed E-state index contributed by atoms with van der Waals surface area (Å²) in [6.07, 6.45) is 2.83. The molecule has 2 aromatic heterocycles. The van der Waals surface area contributed by atoms with Gasteiger partial charge in [-0.2, -0.15) is 0 Å². The van der Waals surface area contributed by atoms with Crippen LogP contribution in [0.4, 0.5) is 5.69 Å². The Morgan fingerprint density at radius 2 is 2.23 bits per heavy atom. The van der Waals surface area contributed by atoms with Gasteiger partial charge in [0, 0.05) is 15.0 Å². The van der Waals surface area contributed by atoms with Crippen molar-refractivity contribution in [1.82, 2.24) is 4.98 Å². The third-order valence-electron chi connectivity index (χ3n) is 4.75. The van der Waals surface area contributed by atoms with Gasteiger partial charge in [0.25, 0.3) is 11.5 Å². The summed E-state index contributed by atoms with van der Waals surface area (Å²) in [5.74, 6) is -0.250. The molecule has 1 aromatic carbocycles. The molecule has 5 nitrogen and oxygen atoms in total. The molecule has 2 heterocycles. The molecular weight excluding hydrogens is 416 g/mol. The first kappa shape index (κ1) is 17.3. The predicted molar refractivity (Wildman–Crippen MR) is 107 cm³/mol. The van der Waals surface area contributed by atoms with Crippen LogP contribution >= 0.6 is 27.3 Å². The quantitative estimate of drug-likeness (QED) is 0.559. The molecule has 0 aliphatic heterocycles. The largest absolute Gasteiger partial charge is 0.506 e. The molecular formula is C19H17BrN2O3S. The summed E-state index contributed by atoms with van der Waals surface area (Å²) in [4.78, 5) is 29.7. The van der Waals surface area contributed by atoms with Gasteiger partial charge in [0.2, 0.25) is 0 Å². The van der Waals surface area contributed by atoms with Gasteiger partial charge in [-0.25, -0.2) is 0 Å². The number of hydrogen-bond acceptors (Lipinski definition) is 4. The number of H-pyrrole nitrogens is 1. The van der Waals surface area contributed by atoms with Crippen LogP contribution in [-0.2, 0) is 12.8 Å². The van der Waals surface area contributed by atoms with Crippen molar-refractivity contribution in [2.24, 2.45) is 5.92 Å². The topological polar surface area (TPSA) is 82.2 Å². The fourth-order valence-electron chi connectivity index (χ4n) is 3.46. The van der Waals surface area contributed by atoms with Gasteiger partial charge in [0.1, 0.15) is 16.1 Å². The van der Waals surface area contributed by atoms with Crippen LogP contribution in [0.2, 0.25) is 0 Å². The van der Waals surface area contributed by atoms with Gasteiger partial charge in [-0.3, -0.25) is 9.59 Å². The standard InChI is InChI=1S/C19H17BrN2O3S/c1-9-5-6-12-13(7-9)26-19-14(12)16(23)15(18(25)22-19)17(24)21-11-4-2-3-10(20)8-11/h2-4,8-9H,5-7H2,1H3,(H,21,24)(H2,22,23,25)/t9-/m1/s1. The lowest BCUT2D eigenvalue weighted by Gasteiger charge is -2.18. The zero-order valence-corrected chi connectivity index (χ0v) is 16.5. The number of pyridine rings is 1. The van der Waals surface area contributed by atoms with Gasteiger partial charge in [-0.15, -0.1) is 11.3 Å². The monoisotopic (exact) mass is 432 g/mol. The molecule has 26 heavy (non-hydrogen) atoms. The van der Waals surface area contributed by atoms with Crippen LogP contribution in [0.25, 0.3) is 10.2 Å². The molecule has 1 atom stereocenters. The Labute approximate surface area is 162 Å². The first-order valence-corrected chi connectivity index (χ1v) is 10.0. The highest BCUT2D eigenvalue weighted by Gasteiger charge is 2.27. The average Bonchev–Trinajstić information content (AvgIpc) is 2.91. The molecule has 1 amide bonds. The molecule has 0 radical (unpaired) electrons. The molecule has 0 saturated carbocycles. The molecule has 7 heteroatoms. The number of aryl methyl sites for hydroxylation is 1. The van der Waals surface area contributed by atoms with Crippen molar-refractivity contribution < 1.29 is 9.90 Å². The van der Waals surface area contributed by atoms with Crippen LogP contribution in [0.1, 0.15) is 34.1 Å². The third-order valence-corrected chi connectivity index (χ3v) is 6.41. The molecule has 0 spiro atoms. The Bertz CT molecular complexity index is 1090. The molecule has 0 saturated heterocycles. The smallest absolute Gasteiger partial charge is 0.265 e. The van der Waals surface area contributed by atoms with Crippen LogP contribution < -0.4 is 10.9 Å². The Morgan fingerprint density at radius 3 is 3.00 bits per heavy atom. The molecule has 0 unspecified atom stereocenters. The first-order chi connectivity index (χ1) is 12.4. The minimum atomic E-state index is -0.618. The van der Waals surface area contributed by atoms with Crippen molar-refractivity contribution in [3.8, 4) is 5.75 Å². The van der Waals surface area contributed by atoms with Gasteiger partial charge < -0.3 is 15.4 Å². The minimum Gasteiger partial charge on any atom is -0.506 e. The normalized spacial score (nSPS) is 16.5. The maximum Gasteiger partial charge on any atom is 0.265 e. The Kier molecular flexibility index (Phi) is 4.36. The highest BCUT2D eigenvalue weighted by molar-refractivity contribution is 9.10. The third kappa shape index (κ3) is 2.95. The van der Waals surface area contributed by atoms with Crippen LogP contribution in [0, 0.1) is 5.92 Å². The number of carbonyl (C=O) groups is 1. The van der Waals surface area contributed by atoms with Crippen LogP contribution in [0.15, 0.2) is 33.5 Å². The maximum absolute atomic E-state index is 12.6. The minimum absolute atomic E-state index is 0.219. The van der Waals surface area contributed by atoms with Gasteiger partial charge in [0.15, 0.2) is 0 Å². The fraction of sp³-hybridized carbons (Fsp3) is 0.263. The molecule has 3 aromatic rings. The number of halogens is 1. The van der Waals surface area contributed by atoms with E-state index in [1.165, 1.54) is 16.2 Å². The van der Waals surface area contributed by atoms with E-state index in [0.29, 0.717) is 21.8 Å². The average molecular weight is 433 g/mol. The van der Waals surface area contributed by atoms with Crippen LogP contribution in [0.3, 0.4) is 0 Å². The van der Waals surface area contributed by atoms with Gasteiger partial charge >= 0.3 is 0 Å². The summed E-state index contributed by atoms with van der Waals surface area (Å²) >= 11 is 4.85. The fourth-order valence-corrected chi connectivity index (χ4v) is 5.26. The molecule has 1 aliphatic carbocycles. The number of benzene rings is 1. The lowest BCUT2D eigenvalue weighted by Crippen LogP contribution is -2.23. The van der Waals surface area contributed by atoms with Gasteiger partial charge in [0.05, 0.1) is 5.39 Å². The Hall–Kier alpha value is -2.12. The summed E-state index contributed by atoms with van der Waals surface area (Å²) in [5.41, 5.74) is 0.795. The second-order valence-electron chi connectivity index (χ2n) is 6.70. The van der Waals surface area contributed by atoms with Crippen molar-refractivity contribution in [2.45, 2.75) is 26.2 Å². The number of thiophene rings is 1. The number of nitrogens with one attached hydrogen (secondary N) is 2. The molecule has 4 rings (SSSR count). The number of hydrogen-bond donors (Lipinski definition) is 3. The van der Waals surface area contributed by atoms with Gasteiger partial charge in [-0.1, -0.05) is 28.9 Å². The van der Waals surface area contributed by atoms with Crippen LogP contribution in [0.5, 0.6) is 5.75 Å². The summed E-state index contributed by atoms with van der Waals surface area (Å²) in [5, 5.41) is 14.1. The number of aromatic nitrogens is 1. The van der Waals surface area contributed by atoms with Crippen molar-refractivity contribution >= 4 is 49.1 Å². The highest BCUT2D eigenvalue weighted by atomic mass is 79.9. The summed E-state index contributed by atoms with van der Waals surface area (Å²) < 4.78 is 0.810. The predicted octanol–water partition coefficient (Wildman–Crippen LogP) is 4.43. The van der Waals surface area contributed by atoms with E-state index >= 15 is 0 Å². The number of aromatic hydroxyl groups is 1. The van der Waals surface area contributed by atoms with E-state index in [1.54, 1.807) is 18.2 Å². The van der Waals surface area contributed by atoms with E-state index < -0.39 is 11.5 Å². The number of carbonyl (C=O) groups excluding carboxylic acids is 1. The van der Waals surface area contributed by atoms with Crippen LogP contribution in [-0.4, -0.2) is 16.0 Å². The number of anilines is 1. The Balaban J connectivity index is 1.80. The van der Waals surface area contributed by atoms with Gasteiger partial charge in [-0.05, 0) is 48.9 Å². The summed E-state index contributed by atoms with van der Waals surface area (Å²) in [6.45, 7) is 2.20. The molecule has 1 aliphatic rings. The SMILES string of the molecule is C[C@@H]1CCc2c(sc3[nH]c(=O)c(C(=O)Nc4cccc(Br)c4)c(O)c23)C1. The van der Waals surface area contributed by atoms with Crippen molar-refractivity contribution in [1.29, 1.82) is 0 Å².